The molecular formula is C17H14N4O4S. The zero-order valence-electron chi connectivity index (χ0n) is 13.7. The van der Waals surface area contributed by atoms with E-state index < -0.39 is 17.9 Å². The number of imide groups is 1. The van der Waals surface area contributed by atoms with E-state index in [0.717, 1.165) is 16.7 Å². The van der Waals surface area contributed by atoms with Crippen molar-refractivity contribution in [3.8, 4) is 0 Å². The fraction of sp³-hybridized carbons (Fsp3) is 0.118. The van der Waals surface area contributed by atoms with Crippen LogP contribution < -0.4 is 10.6 Å². The first-order valence-electron chi connectivity index (χ1n) is 7.66. The predicted octanol–water partition coefficient (Wildman–Crippen LogP) is 2.83. The van der Waals surface area contributed by atoms with Gasteiger partial charge >= 0.3 is 6.09 Å². The van der Waals surface area contributed by atoms with Gasteiger partial charge in [-0.25, -0.2) is 9.78 Å². The number of rotatable bonds is 4. The van der Waals surface area contributed by atoms with Gasteiger partial charge in [-0.15, -0.1) is 11.3 Å². The number of ether oxygens (including phenoxy) is 1. The van der Waals surface area contributed by atoms with E-state index in [2.05, 4.69) is 25.3 Å². The number of hydrogen-bond acceptors (Lipinski definition) is 7. The van der Waals surface area contributed by atoms with Gasteiger partial charge in [-0.1, -0.05) is 0 Å². The number of hydrogen-bond donors (Lipinski definition) is 2. The first-order valence-corrected chi connectivity index (χ1v) is 8.54. The van der Waals surface area contributed by atoms with Crippen LogP contribution in [0.2, 0.25) is 0 Å². The second kappa shape index (κ2) is 7.70. The van der Waals surface area contributed by atoms with Crippen LogP contribution in [0.3, 0.4) is 0 Å². The van der Waals surface area contributed by atoms with Crippen molar-refractivity contribution in [3.05, 3.63) is 53.3 Å². The molecule has 0 saturated heterocycles. The van der Waals surface area contributed by atoms with Crippen LogP contribution in [-0.2, 0) is 4.74 Å². The molecule has 0 bridgehead atoms. The molecule has 0 aliphatic rings. The van der Waals surface area contributed by atoms with Crippen molar-refractivity contribution in [2.24, 2.45) is 0 Å². The lowest BCUT2D eigenvalue weighted by molar-refractivity contribution is 0.0926. The summed E-state index contributed by atoms with van der Waals surface area (Å²) in [5, 5.41) is 7.50. The standard InChI is InChI=1S/C17H14N4O4S/c1-2-25-17(24)21-14(22)11-6-8-26-16(11)20-15(23)13-4-3-10-9-18-7-5-12(10)19-13/h3-9H,2H2,1H3,(H,20,23)(H,21,22,24). The molecule has 0 aromatic carbocycles. The van der Waals surface area contributed by atoms with Crippen LogP contribution in [0.1, 0.15) is 27.8 Å². The van der Waals surface area contributed by atoms with Gasteiger partial charge in [-0.05, 0) is 36.6 Å². The van der Waals surface area contributed by atoms with Crippen molar-refractivity contribution < 1.29 is 19.1 Å². The molecule has 9 heteroatoms. The van der Waals surface area contributed by atoms with Crippen LogP contribution in [0.25, 0.3) is 10.9 Å². The molecule has 132 valence electrons. The Kier molecular flexibility index (Phi) is 5.18. The van der Waals surface area contributed by atoms with Crippen LogP contribution in [0.5, 0.6) is 0 Å². The predicted molar refractivity (Wildman–Crippen MR) is 96.3 cm³/mol. The van der Waals surface area contributed by atoms with Crippen molar-refractivity contribution in [2.75, 3.05) is 11.9 Å². The minimum absolute atomic E-state index is 0.148. The summed E-state index contributed by atoms with van der Waals surface area (Å²) in [6, 6.07) is 6.53. The Morgan fingerprint density at radius 1 is 1.15 bits per heavy atom. The van der Waals surface area contributed by atoms with Crippen LogP contribution in [0, 0.1) is 0 Å². The van der Waals surface area contributed by atoms with E-state index in [-0.39, 0.29) is 17.9 Å². The molecule has 0 fully saturated rings. The Labute approximate surface area is 152 Å². The molecule has 0 aliphatic carbocycles. The number of pyridine rings is 2. The monoisotopic (exact) mass is 370 g/mol. The van der Waals surface area contributed by atoms with E-state index in [4.69, 9.17) is 0 Å². The summed E-state index contributed by atoms with van der Waals surface area (Å²) >= 11 is 1.16. The van der Waals surface area contributed by atoms with Gasteiger partial charge in [-0.2, -0.15) is 0 Å². The van der Waals surface area contributed by atoms with E-state index in [9.17, 15) is 14.4 Å². The molecule has 8 nitrogen and oxygen atoms in total. The Bertz CT molecular complexity index is 986. The van der Waals surface area contributed by atoms with Gasteiger partial charge in [0.15, 0.2) is 0 Å². The number of anilines is 1. The Morgan fingerprint density at radius 3 is 2.81 bits per heavy atom. The number of nitrogens with zero attached hydrogens (tertiary/aromatic N) is 2. The lowest BCUT2D eigenvalue weighted by Crippen LogP contribution is -2.31. The Hall–Kier alpha value is -3.33. The Balaban J connectivity index is 1.76. The number of nitrogens with one attached hydrogen (secondary N) is 2. The third-order valence-electron chi connectivity index (χ3n) is 3.35. The SMILES string of the molecule is CCOC(=O)NC(=O)c1ccsc1NC(=O)c1ccc2cnccc2n1. The number of carbonyl (C=O) groups excluding carboxylic acids is 3. The van der Waals surface area contributed by atoms with Crippen molar-refractivity contribution >= 4 is 45.1 Å². The van der Waals surface area contributed by atoms with Crippen LogP contribution >= 0.6 is 11.3 Å². The van der Waals surface area contributed by atoms with E-state index >= 15 is 0 Å². The third-order valence-corrected chi connectivity index (χ3v) is 4.18. The average molecular weight is 370 g/mol. The summed E-state index contributed by atoms with van der Waals surface area (Å²) in [6.45, 7) is 1.78. The molecule has 3 amide bonds. The highest BCUT2D eigenvalue weighted by molar-refractivity contribution is 7.14. The molecule has 26 heavy (non-hydrogen) atoms. The first kappa shape index (κ1) is 17.5. The van der Waals surface area contributed by atoms with Gasteiger partial charge in [0.2, 0.25) is 0 Å². The molecule has 0 radical (unpaired) electrons. The summed E-state index contributed by atoms with van der Waals surface area (Å²) in [7, 11) is 0. The van der Waals surface area contributed by atoms with E-state index in [1.54, 1.807) is 42.9 Å². The quantitative estimate of drug-likeness (QED) is 0.731. The average Bonchev–Trinajstić information content (AvgIpc) is 3.09. The zero-order valence-corrected chi connectivity index (χ0v) is 14.5. The first-order chi connectivity index (χ1) is 12.6. The fourth-order valence-electron chi connectivity index (χ4n) is 2.17. The summed E-state index contributed by atoms with van der Waals surface area (Å²) in [5.41, 5.74) is 1.01. The Morgan fingerprint density at radius 2 is 2.00 bits per heavy atom. The molecule has 3 heterocycles. The molecule has 3 aromatic heterocycles. The van der Waals surface area contributed by atoms with Gasteiger partial charge in [-0.3, -0.25) is 19.9 Å². The minimum atomic E-state index is -0.842. The molecule has 0 atom stereocenters. The number of carbonyl (C=O) groups is 3. The molecule has 3 rings (SSSR count). The maximum absolute atomic E-state index is 12.4. The second-order valence-electron chi connectivity index (χ2n) is 5.06. The lowest BCUT2D eigenvalue weighted by Gasteiger charge is -2.07. The fourth-order valence-corrected chi connectivity index (χ4v) is 2.95. The van der Waals surface area contributed by atoms with Crippen molar-refractivity contribution in [2.45, 2.75) is 6.92 Å². The largest absolute Gasteiger partial charge is 0.450 e. The molecule has 3 aromatic rings. The van der Waals surface area contributed by atoms with E-state index in [1.807, 2.05) is 0 Å². The third kappa shape index (κ3) is 3.83. The topological polar surface area (TPSA) is 110 Å². The molecule has 0 aliphatic heterocycles. The van der Waals surface area contributed by atoms with Crippen molar-refractivity contribution in [1.29, 1.82) is 0 Å². The number of thiophene rings is 1. The van der Waals surface area contributed by atoms with E-state index in [1.165, 1.54) is 6.07 Å². The minimum Gasteiger partial charge on any atom is -0.450 e. The van der Waals surface area contributed by atoms with Gasteiger partial charge in [0, 0.05) is 17.8 Å². The number of fused-ring (bicyclic) bond motifs is 1. The van der Waals surface area contributed by atoms with Gasteiger partial charge in [0.25, 0.3) is 11.8 Å². The number of alkyl carbamates (subject to hydrolysis) is 1. The second-order valence-corrected chi connectivity index (χ2v) is 5.97. The van der Waals surface area contributed by atoms with Crippen molar-refractivity contribution in [1.82, 2.24) is 15.3 Å². The summed E-state index contributed by atoms with van der Waals surface area (Å²) in [5.74, 6) is -1.12. The van der Waals surface area contributed by atoms with Crippen LogP contribution in [-0.4, -0.2) is 34.5 Å². The smallest absolute Gasteiger partial charge is 0.414 e. The highest BCUT2D eigenvalue weighted by Gasteiger charge is 2.19. The van der Waals surface area contributed by atoms with Crippen molar-refractivity contribution in [3.63, 3.8) is 0 Å². The number of aromatic nitrogens is 2. The van der Waals surface area contributed by atoms with Crippen LogP contribution in [0.15, 0.2) is 42.0 Å². The van der Waals surface area contributed by atoms with Crippen LogP contribution in [0.4, 0.5) is 9.80 Å². The van der Waals surface area contributed by atoms with Gasteiger partial charge in [0.05, 0.1) is 17.7 Å². The normalized spacial score (nSPS) is 10.3. The lowest BCUT2D eigenvalue weighted by atomic mass is 10.2. The van der Waals surface area contributed by atoms with Gasteiger partial charge in [0.1, 0.15) is 10.7 Å². The van der Waals surface area contributed by atoms with E-state index in [0.29, 0.717) is 10.5 Å². The summed E-state index contributed by atoms with van der Waals surface area (Å²) in [4.78, 5) is 44.2. The molecular weight excluding hydrogens is 356 g/mol. The molecule has 0 saturated carbocycles. The molecule has 2 N–H and O–H groups in total. The maximum atomic E-state index is 12.4. The molecule has 0 unspecified atom stereocenters. The molecule has 0 spiro atoms. The number of amides is 3. The summed E-state index contributed by atoms with van der Waals surface area (Å²) < 4.78 is 4.67. The maximum Gasteiger partial charge on any atom is 0.414 e. The zero-order chi connectivity index (χ0) is 18.5. The highest BCUT2D eigenvalue weighted by atomic mass is 32.1. The van der Waals surface area contributed by atoms with Gasteiger partial charge < -0.3 is 10.1 Å². The highest BCUT2D eigenvalue weighted by Crippen LogP contribution is 2.24. The summed E-state index contributed by atoms with van der Waals surface area (Å²) in [6.07, 6.45) is 2.40.